The highest BCUT2D eigenvalue weighted by Crippen LogP contribution is 2.15. The van der Waals surface area contributed by atoms with Gasteiger partial charge in [0, 0.05) is 18.0 Å². The molecule has 2 aromatic heterocycles. The topological polar surface area (TPSA) is 58.6 Å². The van der Waals surface area contributed by atoms with Crippen molar-refractivity contribution in [2.24, 2.45) is 0 Å². The van der Waals surface area contributed by atoms with Crippen molar-refractivity contribution in [1.82, 2.24) is 15.0 Å². The Morgan fingerprint density at radius 2 is 2.06 bits per heavy atom. The smallest absolute Gasteiger partial charge is 0.264 e. The lowest BCUT2D eigenvalue weighted by Gasteiger charge is -2.05. The molecule has 0 aliphatic heterocycles. The van der Waals surface area contributed by atoms with Crippen LogP contribution in [0.5, 0.6) is 0 Å². The first-order chi connectivity index (χ1) is 8.22. The molecular formula is C12H12IN3O. The minimum absolute atomic E-state index is 0.0733. The third-order valence-corrected chi connectivity index (χ3v) is 3.48. The largest absolute Gasteiger partial charge is 0.306 e. The minimum atomic E-state index is -0.0733. The molecule has 0 atom stereocenters. The summed E-state index contributed by atoms with van der Waals surface area (Å²) >= 11 is 2.05. The van der Waals surface area contributed by atoms with Crippen molar-refractivity contribution in [3.63, 3.8) is 0 Å². The number of rotatable bonds is 3. The van der Waals surface area contributed by atoms with Crippen LogP contribution >= 0.6 is 22.6 Å². The van der Waals surface area contributed by atoms with E-state index in [0.717, 1.165) is 24.1 Å². The van der Waals surface area contributed by atoms with Crippen molar-refractivity contribution >= 4 is 22.6 Å². The fourth-order valence-electron chi connectivity index (χ4n) is 1.55. The summed E-state index contributed by atoms with van der Waals surface area (Å²) < 4.78 is 0.683. The van der Waals surface area contributed by atoms with E-state index in [-0.39, 0.29) is 5.56 Å². The number of H-pyrrole nitrogens is 1. The normalized spacial score (nSPS) is 10.5. The third kappa shape index (κ3) is 2.71. The number of halogens is 1. The SMILES string of the molecule is CCCc1nc(-c2ccncc2)[nH]c(=O)c1I. The first kappa shape index (κ1) is 12.2. The lowest BCUT2D eigenvalue weighted by Crippen LogP contribution is -2.16. The molecule has 0 spiro atoms. The van der Waals surface area contributed by atoms with E-state index in [4.69, 9.17) is 0 Å². The molecule has 2 rings (SSSR count). The van der Waals surface area contributed by atoms with Crippen LogP contribution < -0.4 is 5.56 Å². The van der Waals surface area contributed by atoms with Crippen molar-refractivity contribution in [3.8, 4) is 11.4 Å². The van der Waals surface area contributed by atoms with Crippen LogP contribution in [0.25, 0.3) is 11.4 Å². The lowest BCUT2D eigenvalue weighted by atomic mass is 10.2. The van der Waals surface area contributed by atoms with E-state index in [1.54, 1.807) is 12.4 Å². The molecule has 2 heterocycles. The van der Waals surface area contributed by atoms with Crippen LogP contribution in [0.3, 0.4) is 0 Å². The molecule has 4 nitrogen and oxygen atoms in total. The summed E-state index contributed by atoms with van der Waals surface area (Å²) in [5, 5.41) is 0. The van der Waals surface area contributed by atoms with Crippen LogP contribution in [0.4, 0.5) is 0 Å². The number of aromatic amines is 1. The summed E-state index contributed by atoms with van der Waals surface area (Å²) in [7, 11) is 0. The number of pyridine rings is 1. The Bertz CT molecular complexity index is 566. The van der Waals surface area contributed by atoms with Gasteiger partial charge in [0.05, 0.1) is 9.26 Å². The van der Waals surface area contributed by atoms with Crippen LogP contribution in [0.15, 0.2) is 29.3 Å². The van der Waals surface area contributed by atoms with Gasteiger partial charge in [0.15, 0.2) is 0 Å². The molecule has 0 saturated heterocycles. The van der Waals surface area contributed by atoms with Gasteiger partial charge in [0.2, 0.25) is 0 Å². The van der Waals surface area contributed by atoms with Gasteiger partial charge in [0.25, 0.3) is 5.56 Å². The van der Waals surface area contributed by atoms with Gasteiger partial charge in [-0.05, 0) is 41.1 Å². The molecule has 0 aromatic carbocycles. The summed E-state index contributed by atoms with van der Waals surface area (Å²) in [5.74, 6) is 0.612. The maximum Gasteiger partial charge on any atom is 0.264 e. The van der Waals surface area contributed by atoms with Gasteiger partial charge in [-0.15, -0.1) is 0 Å². The molecule has 88 valence electrons. The zero-order chi connectivity index (χ0) is 12.3. The molecule has 0 saturated carbocycles. The van der Waals surface area contributed by atoms with Crippen LogP contribution in [0, 0.1) is 3.57 Å². The first-order valence-corrected chi connectivity index (χ1v) is 6.49. The van der Waals surface area contributed by atoms with Crippen molar-refractivity contribution in [3.05, 3.63) is 44.1 Å². The number of hydrogen-bond acceptors (Lipinski definition) is 3. The second kappa shape index (κ2) is 5.39. The summed E-state index contributed by atoms with van der Waals surface area (Å²) in [6, 6.07) is 3.67. The summed E-state index contributed by atoms with van der Waals surface area (Å²) in [6.07, 6.45) is 5.17. The van der Waals surface area contributed by atoms with Crippen LogP contribution in [0.2, 0.25) is 0 Å². The Balaban J connectivity index is 2.53. The highest BCUT2D eigenvalue weighted by molar-refractivity contribution is 14.1. The Labute approximate surface area is 113 Å². The van der Waals surface area contributed by atoms with Crippen molar-refractivity contribution < 1.29 is 0 Å². The molecule has 0 fully saturated rings. The number of nitrogens with zero attached hydrogens (tertiary/aromatic N) is 2. The third-order valence-electron chi connectivity index (χ3n) is 2.37. The van der Waals surface area contributed by atoms with E-state index in [9.17, 15) is 4.79 Å². The summed E-state index contributed by atoms with van der Waals surface area (Å²) in [4.78, 5) is 23.0. The predicted molar refractivity (Wildman–Crippen MR) is 74.8 cm³/mol. The van der Waals surface area contributed by atoms with E-state index in [2.05, 4.69) is 21.9 Å². The molecule has 1 N–H and O–H groups in total. The van der Waals surface area contributed by atoms with E-state index < -0.39 is 0 Å². The van der Waals surface area contributed by atoms with Crippen molar-refractivity contribution in [2.75, 3.05) is 0 Å². The zero-order valence-electron chi connectivity index (χ0n) is 9.40. The standard InChI is InChI=1S/C12H12IN3O/c1-2-3-9-10(13)12(17)16-11(15-9)8-4-6-14-7-5-8/h4-7H,2-3H2,1H3,(H,15,16,17). The van der Waals surface area contributed by atoms with Gasteiger partial charge in [-0.25, -0.2) is 4.98 Å². The molecule has 0 bridgehead atoms. The van der Waals surface area contributed by atoms with E-state index in [1.807, 2.05) is 34.7 Å². The van der Waals surface area contributed by atoms with Gasteiger partial charge >= 0.3 is 0 Å². The fraction of sp³-hybridized carbons (Fsp3) is 0.250. The van der Waals surface area contributed by atoms with Crippen LogP contribution in [0.1, 0.15) is 19.0 Å². The first-order valence-electron chi connectivity index (χ1n) is 5.41. The Morgan fingerprint density at radius 1 is 1.35 bits per heavy atom. The van der Waals surface area contributed by atoms with E-state index >= 15 is 0 Å². The molecule has 2 aromatic rings. The molecule has 0 aliphatic rings. The zero-order valence-corrected chi connectivity index (χ0v) is 11.6. The predicted octanol–water partition coefficient (Wildman–Crippen LogP) is 2.39. The van der Waals surface area contributed by atoms with E-state index in [0.29, 0.717) is 9.39 Å². The second-order valence-electron chi connectivity index (χ2n) is 3.66. The Hall–Kier alpha value is -1.24. The average Bonchev–Trinajstić information content (AvgIpc) is 2.36. The maximum atomic E-state index is 11.8. The van der Waals surface area contributed by atoms with E-state index in [1.165, 1.54) is 0 Å². The number of aryl methyl sites for hydroxylation is 1. The van der Waals surface area contributed by atoms with Crippen molar-refractivity contribution in [1.29, 1.82) is 0 Å². The van der Waals surface area contributed by atoms with Crippen LogP contribution in [-0.2, 0) is 6.42 Å². The molecule has 17 heavy (non-hydrogen) atoms. The number of hydrogen-bond donors (Lipinski definition) is 1. The van der Waals surface area contributed by atoms with Gasteiger partial charge in [-0.1, -0.05) is 13.3 Å². The minimum Gasteiger partial charge on any atom is -0.306 e. The summed E-state index contributed by atoms with van der Waals surface area (Å²) in [5.41, 5.74) is 1.67. The highest BCUT2D eigenvalue weighted by atomic mass is 127. The lowest BCUT2D eigenvalue weighted by molar-refractivity contribution is 0.860. The summed E-state index contributed by atoms with van der Waals surface area (Å²) in [6.45, 7) is 2.07. The molecule has 5 heteroatoms. The average molecular weight is 341 g/mol. The molecular weight excluding hydrogens is 329 g/mol. The molecule has 0 radical (unpaired) electrons. The van der Waals surface area contributed by atoms with Crippen molar-refractivity contribution in [2.45, 2.75) is 19.8 Å². The number of aromatic nitrogens is 3. The molecule has 0 amide bonds. The Morgan fingerprint density at radius 3 is 2.71 bits per heavy atom. The number of nitrogens with one attached hydrogen (secondary N) is 1. The second-order valence-corrected chi connectivity index (χ2v) is 4.74. The van der Waals surface area contributed by atoms with Gasteiger partial charge in [0.1, 0.15) is 5.82 Å². The van der Waals surface area contributed by atoms with Gasteiger partial charge in [-0.3, -0.25) is 9.78 Å². The van der Waals surface area contributed by atoms with Gasteiger partial charge < -0.3 is 4.98 Å². The molecule has 0 unspecified atom stereocenters. The maximum absolute atomic E-state index is 11.8. The van der Waals surface area contributed by atoms with Crippen LogP contribution in [-0.4, -0.2) is 15.0 Å². The Kier molecular flexibility index (Phi) is 3.88. The van der Waals surface area contributed by atoms with Gasteiger partial charge in [-0.2, -0.15) is 0 Å². The fourth-order valence-corrected chi connectivity index (χ4v) is 2.08. The molecule has 0 aliphatic carbocycles. The highest BCUT2D eigenvalue weighted by Gasteiger charge is 2.09. The quantitative estimate of drug-likeness (QED) is 0.873. The monoisotopic (exact) mass is 341 g/mol.